The van der Waals surface area contributed by atoms with Gasteiger partial charge in [-0.1, -0.05) is 30.3 Å². The van der Waals surface area contributed by atoms with Crippen molar-refractivity contribution >= 4 is 0 Å². The maximum atomic E-state index is 9.62. The molecule has 0 saturated carbocycles. The van der Waals surface area contributed by atoms with E-state index in [1.165, 1.54) is 5.56 Å². The van der Waals surface area contributed by atoms with Gasteiger partial charge in [0.2, 0.25) is 0 Å². The minimum Gasteiger partial charge on any atom is -0.508 e. The number of nitrogens with one attached hydrogen (secondary N) is 1. The van der Waals surface area contributed by atoms with E-state index in [9.17, 15) is 5.11 Å². The van der Waals surface area contributed by atoms with Gasteiger partial charge in [-0.05, 0) is 23.8 Å². The number of benzene rings is 2. The van der Waals surface area contributed by atoms with Crippen LogP contribution in [0, 0.1) is 0 Å². The van der Waals surface area contributed by atoms with Crippen molar-refractivity contribution in [2.75, 3.05) is 7.11 Å². The molecule has 0 fully saturated rings. The summed E-state index contributed by atoms with van der Waals surface area (Å²) in [6.45, 7) is 1.41. The Balaban J connectivity index is 1.86. The Morgan fingerprint density at radius 2 is 1.72 bits per heavy atom. The SMILES string of the molecule is COc1ccc(CNCc2ccccc2O)cc1. The highest BCUT2D eigenvalue weighted by Crippen LogP contribution is 2.15. The molecule has 94 valence electrons. The normalized spacial score (nSPS) is 10.3. The van der Waals surface area contributed by atoms with Gasteiger partial charge in [-0.2, -0.15) is 0 Å². The van der Waals surface area contributed by atoms with Crippen molar-refractivity contribution in [1.29, 1.82) is 0 Å². The lowest BCUT2D eigenvalue weighted by Crippen LogP contribution is -2.12. The van der Waals surface area contributed by atoms with E-state index in [1.807, 2.05) is 42.5 Å². The Labute approximate surface area is 107 Å². The molecule has 2 rings (SSSR count). The fourth-order valence-electron chi connectivity index (χ4n) is 1.75. The van der Waals surface area contributed by atoms with Crippen LogP contribution in [0.5, 0.6) is 11.5 Å². The molecular weight excluding hydrogens is 226 g/mol. The third-order valence-corrected chi connectivity index (χ3v) is 2.80. The van der Waals surface area contributed by atoms with Gasteiger partial charge in [-0.25, -0.2) is 0 Å². The minimum absolute atomic E-state index is 0.333. The predicted molar refractivity (Wildman–Crippen MR) is 71.6 cm³/mol. The molecule has 0 aromatic heterocycles. The number of aromatic hydroxyl groups is 1. The average Bonchev–Trinajstić information content (AvgIpc) is 2.42. The molecule has 3 nitrogen and oxygen atoms in total. The van der Waals surface area contributed by atoms with Gasteiger partial charge >= 0.3 is 0 Å². The first-order valence-corrected chi connectivity index (χ1v) is 5.90. The second-order valence-electron chi connectivity index (χ2n) is 4.08. The molecule has 0 aliphatic heterocycles. The summed E-state index contributed by atoms with van der Waals surface area (Å²) in [6, 6.07) is 15.3. The first kappa shape index (κ1) is 12.5. The Kier molecular flexibility index (Phi) is 4.20. The summed E-state index contributed by atoms with van der Waals surface area (Å²) in [5.74, 6) is 1.19. The van der Waals surface area contributed by atoms with Crippen LogP contribution in [0.25, 0.3) is 0 Å². The molecule has 0 amide bonds. The molecule has 0 radical (unpaired) electrons. The van der Waals surface area contributed by atoms with Crippen molar-refractivity contribution in [3.05, 3.63) is 59.7 Å². The fraction of sp³-hybridized carbons (Fsp3) is 0.200. The predicted octanol–water partition coefficient (Wildman–Crippen LogP) is 2.69. The second kappa shape index (κ2) is 6.07. The number of hydrogen-bond acceptors (Lipinski definition) is 3. The highest BCUT2D eigenvalue weighted by molar-refractivity contribution is 5.32. The lowest BCUT2D eigenvalue weighted by molar-refractivity contribution is 0.414. The number of phenolic OH excluding ortho intramolecular Hbond substituents is 1. The fourth-order valence-corrected chi connectivity index (χ4v) is 1.75. The average molecular weight is 243 g/mol. The summed E-state index contributed by atoms with van der Waals surface area (Å²) in [6.07, 6.45) is 0. The third-order valence-electron chi connectivity index (χ3n) is 2.80. The van der Waals surface area contributed by atoms with Crippen LogP contribution >= 0.6 is 0 Å². The lowest BCUT2D eigenvalue weighted by Gasteiger charge is -2.07. The summed E-state index contributed by atoms with van der Waals surface area (Å²) in [5, 5.41) is 12.9. The minimum atomic E-state index is 0.333. The van der Waals surface area contributed by atoms with Crippen molar-refractivity contribution < 1.29 is 9.84 Å². The summed E-state index contributed by atoms with van der Waals surface area (Å²) in [4.78, 5) is 0. The molecule has 2 aromatic carbocycles. The van der Waals surface area contributed by atoms with Crippen molar-refractivity contribution in [2.45, 2.75) is 13.1 Å². The van der Waals surface area contributed by atoms with Gasteiger partial charge < -0.3 is 15.2 Å². The Morgan fingerprint density at radius 3 is 2.39 bits per heavy atom. The monoisotopic (exact) mass is 243 g/mol. The van der Waals surface area contributed by atoms with Crippen LogP contribution in [0.1, 0.15) is 11.1 Å². The van der Waals surface area contributed by atoms with Crippen molar-refractivity contribution in [3.63, 3.8) is 0 Å². The summed E-state index contributed by atoms with van der Waals surface area (Å²) < 4.78 is 5.11. The van der Waals surface area contributed by atoms with Crippen molar-refractivity contribution in [1.82, 2.24) is 5.32 Å². The maximum Gasteiger partial charge on any atom is 0.120 e. The highest BCUT2D eigenvalue weighted by atomic mass is 16.5. The first-order valence-electron chi connectivity index (χ1n) is 5.90. The summed E-state index contributed by atoms with van der Waals surface area (Å²) >= 11 is 0. The van der Waals surface area contributed by atoms with Crippen LogP contribution in [-0.4, -0.2) is 12.2 Å². The van der Waals surface area contributed by atoms with Gasteiger partial charge in [0.1, 0.15) is 11.5 Å². The van der Waals surface area contributed by atoms with E-state index in [2.05, 4.69) is 5.32 Å². The van der Waals surface area contributed by atoms with E-state index < -0.39 is 0 Å². The highest BCUT2D eigenvalue weighted by Gasteiger charge is 1.99. The third kappa shape index (κ3) is 3.25. The lowest BCUT2D eigenvalue weighted by atomic mass is 10.2. The molecular formula is C15H17NO2. The van der Waals surface area contributed by atoms with Crippen LogP contribution in [0.4, 0.5) is 0 Å². The number of phenols is 1. The Morgan fingerprint density at radius 1 is 1.00 bits per heavy atom. The van der Waals surface area contributed by atoms with Crippen LogP contribution in [0.15, 0.2) is 48.5 Å². The largest absolute Gasteiger partial charge is 0.508 e. The van der Waals surface area contributed by atoms with Crippen LogP contribution in [0.3, 0.4) is 0 Å². The zero-order valence-corrected chi connectivity index (χ0v) is 10.4. The molecule has 0 atom stereocenters. The molecule has 2 aromatic rings. The van der Waals surface area contributed by atoms with Crippen molar-refractivity contribution in [2.24, 2.45) is 0 Å². The standard InChI is InChI=1S/C15H17NO2/c1-18-14-8-6-12(7-9-14)10-16-11-13-4-2-3-5-15(13)17/h2-9,16-17H,10-11H2,1H3. The molecule has 0 bridgehead atoms. The number of para-hydroxylation sites is 1. The quantitative estimate of drug-likeness (QED) is 0.848. The van der Waals surface area contributed by atoms with E-state index in [0.717, 1.165) is 17.9 Å². The number of ether oxygens (including phenoxy) is 1. The van der Waals surface area contributed by atoms with E-state index in [1.54, 1.807) is 13.2 Å². The second-order valence-corrected chi connectivity index (χ2v) is 4.08. The summed E-state index contributed by atoms with van der Waals surface area (Å²) in [7, 11) is 1.66. The number of hydrogen-bond donors (Lipinski definition) is 2. The van der Waals surface area contributed by atoms with Gasteiger partial charge in [0, 0.05) is 18.7 Å². The molecule has 2 N–H and O–H groups in total. The Hall–Kier alpha value is -2.00. The van der Waals surface area contributed by atoms with Crippen LogP contribution in [-0.2, 0) is 13.1 Å². The van der Waals surface area contributed by atoms with Gasteiger partial charge in [0.25, 0.3) is 0 Å². The molecule has 0 aliphatic carbocycles. The molecule has 0 unspecified atom stereocenters. The number of methoxy groups -OCH3 is 1. The van der Waals surface area contributed by atoms with Crippen molar-refractivity contribution in [3.8, 4) is 11.5 Å². The molecule has 3 heteroatoms. The van der Waals surface area contributed by atoms with Gasteiger partial charge in [-0.3, -0.25) is 0 Å². The van der Waals surface area contributed by atoms with Gasteiger partial charge in [0.15, 0.2) is 0 Å². The van der Waals surface area contributed by atoms with Crippen LogP contribution in [0.2, 0.25) is 0 Å². The zero-order valence-electron chi connectivity index (χ0n) is 10.4. The summed E-state index contributed by atoms with van der Waals surface area (Å²) in [5.41, 5.74) is 2.09. The van der Waals surface area contributed by atoms with E-state index in [4.69, 9.17) is 4.74 Å². The van der Waals surface area contributed by atoms with Gasteiger partial charge in [0.05, 0.1) is 7.11 Å². The maximum absolute atomic E-state index is 9.62. The van der Waals surface area contributed by atoms with Gasteiger partial charge in [-0.15, -0.1) is 0 Å². The van der Waals surface area contributed by atoms with E-state index in [0.29, 0.717) is 12.3 Å². The van der Waals surface area contributed by atoms with E-state index >= 15 is 0 Å². The Bertz CT molecular complexity index is 494. The molecule has 0 spiro atoms. The molecule has 0 saturated heterocycles. The number of rotatable bonds is 5. The van der Waals surface area contributed by atoms with Crippen LogP contribution < -0.4 is 10.1 Å². The van der Waals surface area contributed by atoms with E-state index in [-0.39, 0.29) is 0 Å². The molecule has 0 heterocycles. The smallest absolute Gasteiger partial charge is 0.120 e. The topological polar surface area (TPSA) is 41.5 Å². The zero-order chi connectivity index (χ0) is 12.8. The molecule has 0 aliphatic rings. The molecule has 18 heavy (non-hydrogen) atoms. The first-order chi connectivity index (χ1) is 8.79.